The number of alkyl halides is 3. The highest BCUT2D eigenvalue weighted by Crippen LogP contribution is 2.37. The number of benzene rings is 2. The normalized spacial score (nSPS) is 18.6. The van der Waals surface area contributed by atoms with Gasteiger partial charge in [0, 0.05) is 17.3 Å². The van der Waals surface area contributed by atoms with Gasteiger partial charge in [-0.2, -0.15) is 21.6 Å². The number of rotatable bonds is 6. The lowest BCUT2D eigenvalue weighted by molar-refractivity contribution is -0.0440. The van der Waals surface area contributed by atoms with Gasteiger partial charge in [0.2, 0.25) is 0 Å². The predicted octanol–water partition coefficient (Wildman–Crippen LogP) is 6.34. The summed E-state index contributed by atoms with van der Waals surface area (Å²) in [5.41, 5.74) is -3.40. The van der Waals surface area contributed by atoms with E-state index in [-0.39, 0.29) is 17.4 Å². The quantitative estimate of drug-likeness (QED) is 0.336. The molecule has 1 atom stereocenters. The van der Waals surface area contributed by atoms with Crippen molar-refractivity contribution in [2.24, 2.45) is 4.99 Å². The molecule has 2 aliphatic rings. The summed E-state index contributed by atoms with van der Waals surface area (Å²) in [5.74, 6) is -1.68. The molecule has 12 heteroatoms. The van der Waals surface area contributed by atoms with Crippen molar-refractivity contribution in [3.05, 3.63) is 77.4 Å². The Morgan fingerprint density at radius 1 is 0.842 bits per heavy atom. The van der Waals surface area contributed by atoms with Gasteiger partial charge in [0.05, 0.1) is 17.3 Å². The molecule has 1 aromatic heterocycles. The molecule has 1 aliphatic carbocycles. The van der Waals surface area contributed by atoms with Crippen LogP contribution in [0.5, 0.6) is 0 Å². The molecule has 1 saturated carbocycles. The Bertz CT molecular complexity index is 1430. The van der Waals surface area contributed by atoms with Gasteiger partial charge in [-0.05, 0) is 55.5 Å². The van der Waals surface area contributed by atoms with E-state index in [1.54, 1.807) is 24.3 Å². The van der Waals surface area contributed by atoms with Crippen LogP contribution in [0.2, 0.25) is 0 Å². The van der Waals surface area contributed by atoms with Crippen molar-refractivity contribution >= 4 is 21.6 Å². The third-order valence-corrected chi connectivity index (χ3v) is 8.48. The SMILES string of the molecule is O=S(=O)(N(c1ccc(-c2ccc(C3CCC(c4c(F)cccc4F)=N3)cc2)nn1)C1CCCC1)C(F)(F)F. The van der Waals surface area contributed by atoms with E-state index in [1.165, 1.54) is 30.3 Å². The lowest BCUT2D eigenvalue weighted by atomic mass is 10.0. The highest BCUT2D eigenvalue weighted by Gasteiger charge is 2.53. The molecule has 0 spiro atoms. The summed E-state index contributed by atoms with van der Waals surface area (Å²) in [7, 11) is -5.63. The average Bonchev–Trinajstić information content (AvgIpc) is 3.57. The molecular formula is C26H23F5N4O2S. The van der Waals surface area contributed by atoms with Gasteiger partial charge < -0.3 is 0 Å². The number of nitrogens with zero attached hydrogens (tertiary/aromatic N) is 4. The largest absolute Gasteiger partial charge is 0.516 e. The minimum absolute atomic E-state index is 0.110. The highest BCUT2D eigenvalue weighted by molar-refractivity contribution is 7.93. The predicted molar refractivity (Wildman–Crippen MR) is 132 cm³/mol. The number of aromatic nitrogens is 2. The van der Waals surface area contributed by atoms with E-state index < -0.39 is 33.2 Å². The molecule has 0 amide bonds. The number of hydrogen-bond donors (Lipinski definition) is 0. The fraction of sp³-hybridized carbons (Fsp3) is 0.346. The van der Waals surface area contributed by atoms with Crippen LogP contribution in [0, 0.1) is 11.6 Å². The summed E-state index contributed by atoms with van der Waals surface area (Å²) in [4.78, 5) is 4.52. The average molecular weight is 551 g/mol. The van der Waals surface area contributed by atoms with E-state index in [4.69, 9.17) is 0 Å². The first kappa shape index (κ1) is 26.2. The Balaban J connectivity index is 1.37. The van der Waals surface area contributed by atoms with Crippen molar-refractivity contribution in [1.82, 2.24) is 10.2 Å². The summed E-state index contributed by atoms with van der Waals surface area (Å²) in [6.45, 7) is 0. The monoisotopic (exact) mass is 550 g/mol. The molecule has 3 aromatic rings. The number of halogens is 5. The van der Waals surface area contributed by atoms with E-state index in [0.717, 1.165) is 5.56 Å². The smallest absolute Gasteiger partial charge is 0.281 e. The molecule has 1 fully saturated rings. The zero-order valence-corrected chi connectivity index (χ0v) is 20.8. The summed E-state index contributed by atoms with van der Waals surface area (Å²) in [5, 5.41) is 7.84. The van der Waals surface area contributed by atoms with E-state index >= 15 is 0 Å². The minimum atomic E-state index is -5.63. The molecule has 38 heavy (non-hydrogen) atoms. The molecule has 1 aliphatic heterocycles. The third-order valence-electron chi connectivity index (χ3n) is 6.89. The highest BCUT2D eigenvalue weighted by atomic mass is 32.2. The van der Waals surface area contributed by atoms with Crippen LogP contribution in [0.25, 0.3) is 11.3 Å². The summed E-state index contributed by atoms with van der Waals surface area (Å²) in [6, 6.07) is 12.3. The van der Waals surface area contributed by atoms with Crippen molar-refractivity contribution in [2.45, 2.75) is 56.1 Å². The van der Waals surface area contributed by atoms with Crippen LogP contribution in [-0.2, 0) is 10.0 Å². The van der Waals surface area contributed by atoms with Crippen LogP contribution < -0.4 is 4.31 Å². The van der Waals surface area contributed by atoms with E-state index in [2.05, 4.69) is 15.2 Å². The molecule has 0 bridgehead atoms. The van der Waals surface area contributed by atoms with Gasteiger partial charge in [0.25, 0.3) is 0 Å². The standard InChI is InChI=1S/C26H23F5N4O2S/c27-19-6-3-7-20(28)25(19)23-13-12-21(32-23)16-8-10-17(11-9-16)22-14-15-24(34-33-22)35(18-4-1-2-5-18)38(36,37)26(29,30)31/h3,6-11,14-15,18,21H,1-2,4-5,12-13H2. The van der Waals surface area contributed by atoms with Gasteiger partial charge in [-0.25, -0.2) is 13.1 Å². The van der Waals surface area contributed by atoms with Crippen LogP contribution in [0.3, 0.4) is 0 Å². The second-order valence-electron chi connectivity index (χ2n) is 9.31. The number of sulfonamides is 1. The molecule has 0 N–H and O–H groups in total. The summed E-state index contributed by atoms with van der Waals surface area (Å²) >= 11 is 0. The maximum absolute atomic E-state index is 14.1. The van der Waals surface area contributed by atoms with Crippen LogP contribution >= 0.6 is 0 Å². The first-order valence-corrected chi connectivity index (χ1v) is 13.6. The Kier molecular flexibility index (Phi) is 6.93. The number of aliphatic imine (C=N–C) groups is 1. The fourth-order valence-electron chi connectivity index (χ4n) is 5.02. The first-order valence-electron chi connectivity index (χ1n) is 12.1. The topological polar surface area (TPSA) is 75.5 Å². The molecule has 200 valence electrons. The Morgan fingerprint density at radius 3 is 2.08 bits per heavy atom. The molecule has 0 saturated heterocycles. The van der Waals surface area contributed by atoms with E-state index in [1.807, 2.05) is 0 Å². The van der Waals surface area contributed by atoms with E-state index in [9.17, 15) is 30.4 Å². The van der Waals surface area contributed by atoms with Gasteiger partial charge in [-0.3, -0.25) is 4.99 Å². The second-order valence-corrected chi connectivity index (χ2v) is 11.1. The van der Waals surface area contributed by atoms with Crippen LogP contribution in [0.4, 0.5) is 27.8 Å². The van der Waals surface area contributed by atoms with Crippen LogP contribution in [0.15, 0.2) is 59.6 Å². The van der Waals surface area contributed by atoms with Crippen molar-refractivity contribution in [2.75, 3.05) is 4.31 Å². The lowest BCUT2D eigenvalue weighted by Gasteiger charge is -2.29. The zero-order valence-electron chi connectivity index (χ0n) is 20.0. The van der Waals surface area contributed by atoms with Gasteiger partial charge in [0.1, 0.15) is 11.6 Å². The molecule has 0 radical (unpaired) electrons. The molecular weight excluding hydrogens is 527 g/mol. The second kappa shape index (κ2) is 10.0. The van der Waals surface area contributed by atoms with E-state index in [0.29, 0.717) is 59.8 Å². The molecule has 2 heterocycles. The fourth-order valence-corrected chi connectivity index (χ4v) is 6.19. The van der Waals surface area contributed by atoms with Gasteiger partial charge in [-0.1, -0.05) is 43.2 Å². The van der Waals surface area contributed by atoms with Crippen molar-refractivity contribution in [3.8, 4) is 11.3 Å². The lowest BCUT2D eigenvalue weighted by Crippen LogP contribution is -2.46. The van der Waals surface area contributed by atoms with Crippen molar-refractivity contribution in [1.29, 1.82) is 0 Å². The summed E-state index contributed by atoms with van der Waals surface area (Å²) in [6.07, 6.45) is 2.91. The minimum Gasteiger partial charge on any atom is -0.281 e. The van der Waals surface area contributed by atoms with Crippen molar-refractivity contribution in [3.63, 3.8) is 0 Å². The first-order chi connectivity index (χ1) is 18.1. The van der Waals surface area contributed by atoms with Gasteiger partial charge in [0.15, 0.2) is 5.82 Å². The van der Waals surface area contributed by atoms with Crippen LogP contribution in [0.1, 0.15) is 55.7 Å². The molecule has 1 unspecified atom stereocenters. The summed E-state index contributed by atoms with van der Waals surface area (Å²) < 4.78 is 93.3. The number of anilines is 1. The Morgan fingerprint density at radius 2 is 1.50 bits per heavy atom. The maximum atomic E-state index is 14.1. The zero-order chi connectivity index (χ0) is 27.1. The molecule has 5 rings (SSSR count). The van der Waals surface area contributed by atoms with Crippen molar-refractivity contribution < 1.29 is 30.4 Å². The Labute approximate surface area is 216 Å². The van der Waals surface area contributed by atoms with Crippen LogP contribution in [-0.4, -0.2) is 35.9 Å². The van der Waals surface area contributed by atoms with Gasteiger partial charge in [-0.15, -0.1) is 10.2 Å². The molecule has 2 aromatic carbocycles. The Hall–Kier alpha value is -3.41. The maximum Gasteiger partial charge on any atom is 0.516 e. The molecule has 6 nitrogen and oxygen atoms in total. The third kappa shape index (κ3) is 4.89. The van der Waals surface area contributed by atoms with Gasteiger partial charge >= 0.3 is 15.5 Å². The number of hydrogen-bond acceptors (Lipinski definition) is 5.